The summed E-state index contributed by atoms with van der Waals surface area (Å²) in [6.45, 7) is 0.640. The zero-order valence-corrected chi connectivity index (χ0v) is 9.30. The van der Waals surface area contributed by atoms with Crippen molar-refractivity contribution in [3.63, 3.8) is 0 Å². The number of carbonyl (C=O) groups excluding carboxylic acids is 1. The van der Waals surface area contributed by atoms with E-state index in [4.69, 9.17) is 5.73 Å². The van der Waals surface area contributed by atoms with E-state index in [0.29, 0.717) is 18.5 Å². The molecule has 5 heteroatoms. The van der Waals surface area contributed by atoms with Crippen LogP contribution in [0.5, 0.6) is 0 Å². The quantitative estimate of drug-likeness (QED) is 0.848. The molecule has 1 aromatic carbocycles. The molecule has 1 aromatic rings. The molecule has 0 saturated heterocycles. The van der Waals surface area contributed by atoms with Crippen LogP contribution in [0.4, 0.5) is 14.5 Å². The lowest BCUT2D eigenvalue weighted by Crippen LogP contribution is -2.22. The number of hydrogen-bond acceptors (Lipinski definition) is 2. The van der Waals surface area contributed by atoms with Crippen LogP contribution in [0.2, 0.25) is 0 Å². The minimum Gasteiger partial charge on any atom is -0.382 e. The first-order valence-corrected chi connectivity index (χ1v) is 5.60. The second-order valence-corrected chi connectivity index (χ2v) is 4.35. The highest BCUT2D eigenvalue weighted by molar-refractivity contribution is 5.94. The molecule has 2 rings (SSSR count). The molecular weight excluding hydrogens is 226 g/mol. The molecule has 1 amide bonds. The van der Waals surface area contributed by atoms with Gasteiger partial charge in [0, 0.05) is 12.6 Å². The molecule has 0 aromatic heterocycles. The lowest BCUT2D eigenvalue weighted by atomic mass is 9.85. The fraction of sp³-hybridized carbons (Fsp3) is 0.417. The maximum Gasteiger partial charge on any atom is 0.251 e. The molecule has 17 heavy (non-hydrogen) atoms. The maximum atomic E-state index is 13.4. The Balaban J connectivity index is 2.14. The molecule has 92 valence electrons. The third-order valence-electron chi connectivity index (χ3n) is 3.13. The van der Waals surface area contributed by atoms with Crippen molar-refractivity contribution in [3.8, 4) is 0 Å². The van der Waals surface area contributed by atoms with Crippen molar-refractivity contribution in [1.82, 2.24) is 0 Å². The zero-order valence-electron chi connectivity index (χ0n) is 9.30. The molecule has 3 N–H and O–H groups in total. The number of benzene rings is 1. The molecule has 3 nitrogen and oxygen atoms in total. The molecule has 1 fully saturated rings. The summed E-state index contributed by atoms with van der Waals surface area (Å²) < 4.78 is 26.6. The summed E-state index contributed by atoms with van der Waals surface area (Å²) in [7, 11) is 0. The van der Waals surface area contributed by atoms with Crippen LogP contribution in [0.25, 0.3) is 0 Å². The molecular formula is C12H14F2N2O. The van der Waals surface area contributed by atoms with Gasteiger partial charge in [0.05, 0.1) is 11.3 Å². The van der Waals surface area contributed by atoms with Gasteiger partial charge in [-0.25, -0.2) is 8.78 Å². The van der Waals surface area contributed by atoms with Gasteiger partial charge >= 0.3 is 0 Å². The Hall–Kier alpha value is -1.65. The topological polar surface area (TPSA) is 55.1 Å². The Kier molecular flexibility index (Phi) is 3.26. The highest BCUT2D eigenvalue weighted by Crippen LogP contribution is 2.27. The van der Waals surface area contributed by atoms with E-state index in [2.05, 4.69) is 5.32 Å². The van der Waals surface area contributed by atoms with Crippen LogP contribution >= 0.6 is 0 Å². The zero-order chi connectivity index (χ0) is 12.4. The van der Waals surface area contributed by atoms with Crippen LogP contribution in [0.3, 0.4) is 0 Å². The van der Waals surface area contributed by atoms with E-state index in [9.17, 15) is 13.6 Å². The predicted molar refractivity (Wildman–Crippen MR) is 60.7 cm³/mol. The summed E-state index contributed by atoms with van der Waals surface area (Å²) in [4.78, 5) is 10.9. The van der Waals surface area contributed by atoms with Gasteiger partial charge < -0.3 is 11.1 Å². The van der Waals surface area contributed by atoms with Gasteiger partial charge in [-0.1, -0.05) is 6.42 Å². The van der Waals surface area contributed by atoms with Gasteiger partial charge in [-0.05, 0) is 24.8 Å². The van der Waals surface area contributed by atoms with Crippen LogP contribution in [0.1, 0.15) is 29.6 Å². The van der Waals surface area contributed by atoms with Gasteiger partial charge in [-0.15, -0.1) is 0 Å². The third-order valence-corrected chi connectivity index (χ3v) is 3.13. The second kappa shape index (κ2) is 4.69. The minimum atomic E-state index is -0.927. The summed E-state index contributed by atoms with van der Waals surface area (Å²) >= 11 is 0. The van der Waals surface area contributed by atoms with E-state index >= 15 is 0 Å². The molecule has 0 radical (unpaired) electrons. The molecule has 0 unspecified atom stereocenters. The van der Waals surface area contributed by atoms with E-state index in [1.165, 1.54) is 6.42 Å². The molecule has 0 bridgehead atoms. The smallest absolute Gasteiger partial charge is 0.251 e. The second-order valence-electron chi connectivity index (χ2n) is 4.35. The van der Waals surface area contributed by atoms with Crippen molar-refractivity contribution < 1.29 is 13.6 Å². The van der Waals surface area contributed by atoms with E-state index in [0.717, 1.165) is 18.9 Å². The van der Waals surface area contributed by atoms with Crippen molar-refractivity contribution in [2.45, 2.75) is 19.3 Å². The Morgan fingerprint density at radius 2 is 2.06 bits per heavy atom. The summed E-state index contributed by atoms with van der Waals surface area (Å²) in [6.07, 6.45) is 3.45. The Bertz CT molecular complexity index is 444. The highest BCUT2D eigenvalue weighted by atomic mass is 19.1. The van der Waals surface area contributed by atoms with Crippen molar-refractivity contribution in [1.29, 1.82) is 0 Å². The largest absolute Gasteiger partial charge is 0.382 e. The molecule has 1 saturated carbocycles. The van der Waals surface area contributed by atoms with Crippen molar-refractivity contribution in [2.75, 3.05) is 11.9 Å². The number of amides is 1. The molecule has 1 aliphatic carbocycles. The van der Waals surface area contributed by atoms with Crippen LogP contribution in [0.15, 0.2) is 12.1 Å². The van der Waals surface area contributed by atoms with Gasteiger partial charge in [0.2, 0.25) is 0 Å². The number of halogens is 2. The average Bonchev–Trinajstić information content (AvgIpc) is 2.18. The fourth-order valence-electron chi connectivity index (χ4n) is 1.82. The van der Waals surface area contributed by atoms with Gasteiger partial charge in [0.25, 0.3) is 5.91 Å². The minimum absolute atomic E-state index is 0.132. The fourth-order valence-corrected chi connectivity index (χ4v) is 1.82. The number of anilines is 1. The van der Waals surface area contributed by atoms with Gasteiger partial charge in [-0.3, -0.25) is 4.79 Å². The number of rotatable bonds is 4. The SMILES string of the molecule is NC(=O)c1cc(NCC2CCC2)c(F)cc1F. The van der Waals surface area contributed by atoms with Crippen molar-refractivity contribution >= 4 is 11.6 Å². The van der Waals surface area contributed by atoms with Crippen LogP contribution in [-0.4, -0.2) is 12.5 Å². The molecule has 1 aliphatic rings. The normalized spacial score (nSPS) is 15.4. The molecule has 0 heterocycles. The third kappa shape index (κ3) is 2.54. The van der Waals surface area contributed by atoms with Crippen LogP contribution in [0, 0.1) is 17.6 Å². The number of carbonyl (C=O) groups is 1. The van der Waals surface area contributed by atoms with Crippen molar-refractivity contribution in [3.05, 3.63) is 29.3 Å². The van der Waals surface area contributed by atoms with E-state index in [1.54, 1.807) is 0 Å². The lowest BCUT2D eigenvalue weighted by Gasteiger charge is -2.26. The number of nitrogens with two attached hydrogens (primary N) is 1. The summed E-state index contributed by atoms with van der Waals surface area (Å²) in [5.74, 6) is -1.98. The first-order valence-electron chi connectivity index (χ1n) is 5.60. The Labute approximate surface area is 98.0 Å². The summed E-state index contributed by atoms with van der Waals surface area (Å²) in [5, 5.41) is 2.89. The number of nitrogens with one attached hydrogen (secondary N) is 1. The Morgan fingerprint density at radius 1 is 1.35 bits per heavy atom. The Morgan fingerprint density at radius 3 is 2.59 bits per heavy atom. The molecule has 0 spiro atoms. The van der Waals surface area contributed by atoms with Gasteiger partial charge in [-0.2, -0.15) is 0 Å². The predicted octanol–water partition coefficient (Wildman–Crippen LogP) is 2.28. The first-order chi connectivity index (χ1) is 8.08. The highest BCUT2D eigenvalue weighted by Gasteiger charge is 2.18. The number of hydrogen-bond donors (Lipinski definition) is 2. The summed E-state index contributed by atoms with van der Waals surface area (Å²) in [6, 6.07) is 1.81. The first kappa shape index (κ1) is 11.8. The molecule has 0 aliphatic heterocycles. The summed E-state index contributed by atoms with van der Waals surface area (Å²) in [5.41, 5.74) is 4.84. The van der Waals surface area contributed by atoms with E-state index in [1.807, 2.05) is 0 Å². The van der Waals surface area contributed by atoms with Crippen molar-refractivity contribution in [2.24, 2.45) is 11.7 Å². The average molecular weight is 240 g/mol. The number of primary amides is 1. The van der Waals surface area contributed by atoms with Crippen LogP contribution in [-0.2, 0) is 0 Å². The lowest BCUT2D eigenvalue weighted by molar-refractivity contribution is 0.0996. The maximum absolute atomic E-state index is 13.4. The van der Waals surface area contributed by atoms with Gasteiger partial charge in [0.15, 0.2) is 0 Å². The standard InChI is InChI=1S/C12H14F2N2O/c13-9-5-10(14)11(4-8(9)12(15)17)16-6-7-2-1-3-7/h4-5,7,16H,1-3,6H2,(H2,15,17). The van der Waals surface area contributed by atoms with E-state index in [-0.39, 0.29) is 11.3 Å². The monoisotopic (exact) mass is 240 g/mol. The van der Waals surface area contributed by atoms with Crippen LogP contribution < -0.4 is 11.1 Å². The molecule has 0 atom stereocenters. The van der Waals surface area contributed by atoms with Gasteiger partial charge in [0.1, 0.15) is 11.6 Å². The van der Waals surface area contributed by atoms with E-state index < -0.39 is 17.5 Å².